The first-order chi connectivity index (χ1) is 10.3. The highest BCUT2D eigenvalue weighted by atomic mass is 35.5. The number of halogens is 3. The van der Waals surface area contributed by atoms with Gasteiger partial charge in [-0.1, -0.05) is 47.5 Å². The van der Waals surface area contributed by atoms with E-state index in [1.807, 2.05) is 0 Å². The summed E-state index contributed by atoms with van der Waals surface area (Å²) in [7, 11) is 0. The van der Waals surface area contributed by atoms with Crippen molar-refractivity contribution in [3.8, 4) is 11.5 Å². The maximum absolute atomic E-state index is 10.4. The van der Waals surface area contributed by atoms with Crippen LogP contribution in [0.3, 0.4) is 0 Å². The van der Waals surface area contributed by atoms with Crippen LogP contribution in [0.1, 0.15) is 27.8 Å². The van der Waals surface area contributed by atoms with Gasteiger partial charge in [0.2, 0.25) is 0 Å². The van der Waals surface area contributed by atoms with Crippen molar-refractivity contribution in [3.05, 3.63) is 61.6 Å². The maximum atomic E-state index is 10.4. The lowest BCUT2D eigenvalue weighted by atomic mass is 9.94. The molecular weight excluding hydrogens is 343 g/mol. The summed E-state index contributed by atoms with van der Waals surface area (Å²) in [4.78, 5) is 0. The molecule has 0 amide bonds. The van der Waals surface area contributed by atoms with E-state index in [-0.39, 0.29) is 22.9 Å². The molecule has 0 fully saturated rings. The number of phenolic OH excluding ortho intramolecular Hbond substituents is 2. The summed E-state index contributed by atoms with van der Waals surface area (Å²) in [6, 6.07) is 3.27. The second kappa shape index (κ2) is 6.41. The number of aromatic hydroxyl groups is 2. The Morgan fingerprint density at radius 2 is 1.45 bits per heavy atom. The van der Waals surface area contributed by atoms with Crippen molar-refractivity contribution in [2.45, 2.75) is 20.3 Å². The van der Waals surface area contributed by atoms with Crippen molar-refractivity contribution in [1.29, 1.82) is 0 Å². The molecular formula is C17H15Cl3O2. The molecule has 0 radical (unpaired) electrons. The van der Waals surface area contributed by atoms with Gasteiger partial charge < -0.3 is 10.2 Å². The average molecular weight is 358 g/mol. The minimum Gasteiger partial charge on any atom is -0.507 e. The summed E-state index contributed by atoms with van der Waals surface area (Å²) in [5, 5.41) is 21.7. The number of benzene rings is 2. The minimum absolute atomic E-state index is 0.0569. The Bertz CT molecular complexity index is 741. The van der Waals surface area contributed by atoms with E-state index in [4.69, 9.17) is 34.8 Å². The van der Waals surface area contributed by atoms with Crippen LogP contribution < -0.4 is 0 Å². The van der Waals surface area contributed by atoms with Crippen molar-refractivity contribution >= 4 is 40.9 Å². The zero-order valence-corrected chi connectivity index (χ0v) is 14.4. The largest absolute Gasteiger partial charge is 0.507 e. The highest BCUT2D eigenvalue weighted by Crippen LogP contribution is 2.40. The van der Waals surface area contributed by atoms with Gasteiger partial charge in [-0.3, -0.25) is 0 Å². The Morgan fingerprint density at radius 1 is 0.955 bits per heavy atom. The van der Waals surface area contributed by atoms with E-state index in [0.29, 0.717) is 37.9 Å². The fourth-order valence-corrected chi connectivity index (χ4v) is 3.24. The van der Waals surface area contributed by atoms with Crippen LogP contribution >= 0.6 is 34.8 Å². The summed E-state index contributed by atoms with van der Waals surface area (Å²) in [6.45, 7) is 7.21. The van der Waals surface area contributed by atoms with E-state index in [0.717, 1.165) is 0 Å². The first kappa shape index (κ1) is 17.0. The third-order valence-corrected chi connectivity index (χ3v) is 4.76. The first-order valence-electron chi connectivity index (χ1n) is 6.57. The lowest BCUT2D eigenvalue weighted by Gasteiger charge is -2.16. The minimum atomic E-state index is 0.0569. The van der Waals surface area contributed by atoms with Gasteiger partial charge in [0.1, 0.15) is 11.5 Å². The van der Waals surface area contributed by atoms with Crippen LogP contribution in [0.15, 0.2) is 18.7 Å². The van der Waals surface area contributed by atoms with Crippen molar-refractivity contribution in [3.63, 3.8) is 0 Å². The van der Waals surface area contributed by atoms with Crippen molar-refractivity contribution in [2.75, 3.05) is 0 Å². The third-order valence-electron chi connectivity index (χ3n) is 3.62. The molecule has 2 aromatic rings. The molecule has 0 aliphatic rings. The quantitative estimate of drug-likeness (QED) is 0.717. The van der Waals surface area contributed by atoms with Crippen LogP contribution in [0.2, 0.25) is 15.1 Å². The van der Waals surface area contributed by atoms with Gasteiger partial charge in [-0.2, -0.15) is 0 Å². The first-order valence-corrected chi connectivity index (χ1v) is 7.71. The van der Waals surface area contributed by atoms with E-state index in [1.54, 1.807) is 32.1 Å². The fraction of sp³-hybridized carbons (Fsp3) is 0.176. The second-order valence-electron chi connectivity index (χ2n) is 5.11. The lowest BCUT2D eigenvalue weighted by molar-refractivity contribution is 0.458. The highest BCUT2D eigenvalue weighted by molar-refractivity contribution is 6.42. The van der Waals surface area contributed by atoms with Crippen LogP contribution in [0.4, 0.5) is 0 Å². The molecule has 0 unspecified atom stereocenters. The summed E-state index contributed by atoms with van der Waals surface area (Å²) in [6.07, 6.45) is 1.76. The zero-order valence-electron chi connectivity index (χ0n) is 12.2. The molecule has 2 nitrogen and oxygen atoms in total. The molecule has 22 heavy (non-hydrogen) atoms. The van der Waals surface area contributed by atoms with Gasteiger partial charge >= 0.3 is 0 Å². The maximum Gasteiger partial charge on any atom is 0.123 e. The van der Waals surface area contributed by atoms with E-state index in [2.05, 4.69) is 6.58 Å². The number of aryl methyl sites for hydroxylation is 2. The molecule has 0 saturated carbocycles. The number of rotatable bonds is 3. The number of hydrogen-bond acceptors (Lipinski definition) is 2. The van der Waals surface area contributed by atoms with Crippen LogP contribution in [0, 0.1) is 13.8 Å². The van der Waals surface area contributed by atoms with Crippen LogP contribution in [-0.4, -0.2) is 10.2 Å². The molecule has 2 rings (SSSR count). The predicted molar refractivity (Wildman–Crippen MR) is 93.6 cm³/mol. The number of phenols is 2. The summed E-state index contributed by atoms with van der Waals surface area (Å²) >= 11 is 18.5. The average Bonchev–Trinajstić information content (AvgIpc) is 2.46. The molecule has 0 bridgehead atoms. The zero-order chi connectivity index (χ0) is 16.6. The molecule has 116 valence electrons. The van der Waals surface area contributed by atoms with Gasteiger partial charge in [0.15, 0.2) is 0 Å². The van der Waals surface area contributed by atoms with Crippen LogP contribution in [0.25, 0.3) is 6.08 Å². The SMILES string of the molecule is C=Cc1c(Cl)cc(C)c(O)c1Cc1c(O)c(C)cc(Cl)c1Cl. The Labute approximate surface area is 144 Å². The van der Waals surface area contributed by atoms with Crippen LogP contribution in [-0.2, 0) is 6.42 Å². The van der Waals surface area contributed by atoms with Crippen molar-refractivity contribution in [1.82, 2.24) is 0 Å². The molecule has 0 aliphatic heterocycles. The predicted octanol–water partition coefficient (Wildman–Crippen LogP) is 5.91. The van der Waals surface area contributed by atoms with E-state index < -0.39 is 0 Å². The Balaban J connectivity index is 2.69. The molecule has 2 aromatic carbocycles. The molecule has 0 saturated heterocycles. The number of hydrogen-bond donors (Lipinski definition) is 2. The molecule has 5 heteroatoms. The monoisotopic (exact) mass is 356 g/mol. The van der Waals surface area contributed by atoms with Gasteiger partial charge in [-0.25, -0.2) is 0 Å². The smallest absolute Gasteiger partial charge is 0.123 e. The molecule has 0 heterocycles. The van der Waals surface area contributed by atoms with Gasteiger partial charge in [0.25, 0.3) is 0 Å². The summed E-state index contributed by atoms with van der Waals surface area (Å²) in [5.41, 5.74) is 2.87. The van der Waals surface area contributed by atoms with Crippen molar-refractivity contribution in [2.24, 2.45) is 0 Å². The van der Waals surface area contributed by atoms with Gasteiger partial charge in [0.05, 0.1) is 10.0 Å². The van der Waals surface area contributed by atoms with Crippen molar-refractivity contribution < 1.29 is 10.2 Å². The molecule has 0 atom stereocenters. The Morgan fingerprint density at radius 3 is 2.00 bits per heavy atom. The Kier molecular flexibility index (Phi) is 4.96. The molecule has 0 spiro atoms. The topological polar surface area (TPSA) is 40.5 Å². The molecule has 2 N–H and O–H groups in total. The molecule has 0 aromatic heterocycles. The van der Waals surface area contributed by atoms with Gasteiger partial charge in [-0.05, 0) is 42.7 Å². The van der Waals surface area contributed by atoms with E-state index in [1.165, 1.54) is 0 Å². The second-order valence-corrected chi connectivity index (χ2v) is 6.31. The lowest BCUT2D eigenvalue weighted by Crippen LogP contribution is -1.98. The van der Waals surface area contributed by atoms with Gasteiger partial charge in [0, 0.05) is 22.6 Å². The molecule has 0 aliphatic carbocycles. The van der Waals surface area contributed by atoms with E-state index in [9.17, 15) is 10.2 Å². The standard InChI is InChI=1S/C17H15Cl3O2/c1-4-10-11(16(21)8(2)5-13(10)18)7-12-15(20)14(19)6-9(3)17(12)22/h4-6,21-22H,1,7H2,2-3H3. The Hall–Kier alpha value is -1.35. The van der Waals surface area contributed by atoms with E-state index >= 15 is 0 Å². The van der Waals surface area contributed by atoms with Gasteiger partial charge in [-0.15, -0.1) is 0 Å². The normalized spacial score (nSPS) is 10.8. The summed E-state index contributed by atoms with van der Waals surface area (Å²) in [5.74, 6) is 0.161. The third kappa shape index (κ3) is 2.91. The fourth-order valence-electron chi connectivity index (χ4n) is 2.39. The van der Waals surface area contributed by atoms with Crippen LogP contribution in [0.5, 0.6) is 11.5 Å². The highest BCUT2D eigenvalue weighted by Gasteiger charge is 2.19. The summed E-state index contributed by atoms with van der Waals surface area (Å²) < 4.78 is 0.